The standard InChI is InChI=1S/C27H39N3O4/c1-5-6-12-22-18-30(25(32)24-14-9-11-20-10-7-8-13-23(20)24)16-15-29(22)17-21(19-31)28-26(33)34-27(2,3)4/h7-11,13-14,21-22,31H,5-6,12,15-19H2,1-4H3,(H,28,33). The molecule has 3 rings (SSSR count). The maximum atomic E-state index is 13.5. The minimum absolute atomic E-state index is 0.0588. The SMILES string of the molecule is CCCCC1CN(C(=O)c2cccc3ccccc23)CCN1CC(CO)NC(=O)OC(C)(C)C. The summed E-state index contributed by atoms with van der Waals surface area (Å²) in [6.07, 6.45) is 2.56. The number of aliphatic hydroxyl groups is 1. The number of piperazine rings is 1. The van der Waals surface area contributed by atoms with Crippen LogP contribution in [-0.2, 0) is 4.74 Å². The van der Waals surface area contributed by atoms with Gasteiger partial charge in [0, 0.05) is 37.8 Å². The molecule has 7 heteroatoms. The highest BCUT2D eigenvalue weighted by atomic mass is 16.6. The lowest BCUT2D eigenvalue weighted by Gasteiger charge is -2.43. The van der Waals surface area contributed by atoms with E-state index in [1.165, 1.54) is 0 Å². The molecular weight excluding hydrogens is 430 g/mol. The number of unbranched alkanes of at least 4 members (excludes halogenated alkanes) is 1. The number of aliphatic hydroxyl groups excluding tert-OH is 1. The van der Waals surface area contributed by atoms with Crippen LogP contribution in [0.2, 0.25) is 0 Å². The number of hydrogen-bond acceptors (Lipinski definition) is 5. The topological polar surface area (TPSA) is 82.1 Å². The Morgan fingerprint density at radius 1 is 1.15 bits per heavy atom. The highest BCUT2D eigenvalue weighted by Crippen LogP contribution is 2.23. The molecule has 2 aromatic carbocycles. The van der Waals surface area contributed by atoms with E-state index < -0.39 is 17.7 Å². The smallest absolute Gasteiger partial charge is 0.407 e. The molecule has 0 bridgehead atoms. The molecule has 2 unspecified atom stereocenters. The van der Waals surface area contributed by atoms with Gasteiger partial charge in [0.2, 0.25) is 0 Å². The van der Waals surface area contributed by atoms with E-state index in [1.807, 2.05) is 68.1 Å². The van der Waals surface area contributed by atoms with Crippen molar-refractivity contribution in [2.24, 2.45) is 0 Å². The summed E-state index contributed by atoms with van der Waals surface area (Å²) < 4.78 is 5.35. The van der Waals surface area contributed by atoms with E-state index in [9.17, 15) is 14.7 Å². The quantitative estimate of drug-likeness (QED) is 0.610. The van der Waals surface area contributed by atoms with Crippen molar-refractivity contribution in [1.29, 1.82) is 0 Å². The molecule has 1 heterocycles. The van der Waals surface area contributed by atoms with Crippen LogP contribution in [0, 0.1) is 0 Å². The second-order valence-electron chi connectivity index (χ2n) is 10.1. The van der Waals surface area contributed by atoms with Crippen molar-refractivity contribution in [3.05, 3.63) is 48.0 Å². The molecule has 0 aromatic heterocycles. The van der Waals surface area contributed by atoms with Crippen LogP contribution >= 0.6 is 0 Å². The van der Waals surface area contributed by atoms with Crippen molar-refractivity contribution in [3.63, 3.8) is 0 Å². The predicted molar refractivity (Wildman–Crippen MR) is 135 cm³/mol. The molecule has 1 aliphatic heterocycles. The van der Waals surface area contributed by atoms with Crippen molar-refractivity contribution in [1.82, 2.24) is 15.1 Å². The lowest BCUT2D eigenvalue weighted by molar-refractivity contribution is 0.0327. The number of carbonyl (C=O) groups excluding carboxylic acids is 2. The summed E-state index contributed by atoms with van der Waals surface area (Å²) in [4.78, 5) is 29.9. The van der Waals surface area contributed by atoms with Gasteiger partial charge in [-0.15, -0.1) is 0 Å². The van der Waals surface area contributed by atoms with Crippen LogP contribution in [0.3, 0.4) is 0 Å². The summed E-state index contributed by atoms with van der Waals surface area (Å²) in [5.41, 5.74) is 0.141. The van der Waals surface area contributed by atoms with Crippen molar-refractivity contribution in [2.75, 3.05) is 32.8 Å². The van der Waals surface area contributed by atoms with Gasteiger partial charge in [0.25, 0.3) is 5.91 Å². The Morgan fingerprint density at radius 2 is 1.88 bits per heavy atom. The zero-order valence-electron chi connectivity index (χ0n) is 20.9. The first-order valence-electron chi connectivity index (χ1n) is 12.3. The third-order valence-corrected chi connectivity index (χ3v) is 6.20. The lowest BCUT2D eigenvalue weighted by atomic mass is 10.0. The number of nitrogens with zero attached hydrogens (tertiary/aromatic N) is 2. The third kappa shape index (κ3) is 6.93. The van der Waals surface area contributed by atoms with Gasteiger partial charge in [-0.3, -0.25) is 9.69 Å². The van der Waals surface area contributed by atoms with Crippen molar-refractivity contribution < 1.29 is 19.4 Å². The fraction of sp³-hybridized carbons (Fsp3) is 0.556. The van der Waals surface area contributed by atoms with Gasteiger partial charge < -0.3 is 20.1 Å². The van der Waals surface area contributed by atoms with E-state index in [1.54, 1.807) is 0 Å². The minimum atomic E-state index is -0.596. The Kier molecular flexibility index (Phi) is 8.91. The fourth-order valence-corrected chi connectivity index (χ4v) is 4.52. The molecule has 0 aliphatic carbocycles. The van der Waals surface area contributed by atoms with Gasteiger partial charge in [0.05, 0.1) is 12.6 Å². The summed E-state index contributed by atoms with van der Waals surface area (Å²) in [7, 11) is 0. The molecule has 34 heavy (non-hydrogen) atoms. The number of fused-ring (bicyclic) bond motifs is 1. The molecule has 2 N–H and O–H groups in total. The Bertz CT molecular complexity index is 966. The van der Waals surface area contributed by atoms with Gasteiger partial charge in [0.1, 0.15) is 5.60 Å². The van der Waals surface area contributed by atoms with Gasteiger partial charge in [-0.05, 0) is 44.0 Å². The molecule has 7 nitrogen and oxygen atoms in total. The molecule has 1 saturated heterocycles. The minimum Gasteiger partial charge on any atom is -0.444 e. The Labute approximate surface area is 203 Å². The second kappa shape index (κ2) is 11.7. The van der Waals surface area contributed by atoms with Gasteiger partial charge in [0.15, 0.2) is 0 Å². The number of amides is 2. The second-order valence-corrected chi connectivity index (χ2v) is 10.1. The molecule has 186 valence electrons. The number of benzene rings is 2. The normalized spacial score (nSPS) is 18.0. The molecule has 1 aliphatic rings. The van der Waals surface area contributed by atoms with E-state index >= 15 is 0 Å². The maximum Gasteiger partial charge on any atom is 0.407 e. The summed E-state index contributed by atoms with van der Waals surface area (Å²) in [5.74, 6) is 0.0588. The molecule has 2 aromatic rings. The van der Waals surface area contributed by atoms with Crippen LogP contribution in [0.5, 0.6) is 0 Å². The molecule has 0 saturated carbocycles. The first-order chi connectivity index (χ1) is 16.2. The van der Waals surface area contributed by atoms with Crippen molar-refractivity contribution in [2.45, 2.75) is 64.6 Å². The summed E-state index contributed by atoms with van der Waals surface area (Å²) in [6.45, 7) is 9.87. The van der Waals surface area contributed by atoms with Crippen LogP contribution in [0.4, 0.5) is 4.79 Å². The van der Waals surface area contributed by atoms with Crippen LogP contribution in [0.25, 0.3) is 10.8 Å². The van der Waals surface area contributed by atoms with Gasteiger partial charge in [-0.1, -0.05) is 56.2 Å². The number of rotatable bonds is 8. The van der Waals surface area contributed by atoms with Crippen LogP contribution in [0.1, 0.15) is 57.3 Å². The third-order valence-electron chi connectivity index (χ3n) is 6.20. The first-order valence-corrected chi connectivity index (χ1v) is 12.3. The number of hydrogen-bond donors (Lipinski definition) is 2. The van der Waals surface area contributed by atoms with Gasteiger partial charge in [-0.25, -0.2) is 4.79 Å². The number of ether oxygens (including phenoxy) is 1. The van der Waals surface area contributed by atoms with Crippen LogP contribution in [0.15, 0.2) is 42.5 Å². The van der Waals surface area contributed by atoms with Gasteiger partial charge in [-0.2, -0.15) is 0 Å². The van der Waals surface area contributed by atoms with E-state index in [0.29, 0.717) is 26.2 Å². The van der Waals surface area contributed by atoms with Crippen molar-refractivity contribution in [3.8, 4) is 0 Å². The number of alkyl carbamates (subject to hydrolysis) is 1. The zero-order valence-corrected chi connectivity index (χ0v) is 20.9. The summed E-state index contributed by atoms with van der Waals surface area (Å²) in [5, 5.41) is 14.7. The Morgan fingerprint density at radius 3 is 2.59 bits per heavy atom. The monoisotopic (exact) mass is 469 g/mol. The summed E-state index contributed by atoms with van der Waals surface area (Å²) in [6, 6.07) is 13.6. The molecule has 0 radical (unpaired) electrons. The highest BCUT2D eigenvalue weighted by molar-refractivity contribution is 6.07. The molecule has 1 fully saturated rings. The van der Waals surface area contributed by atoms with Crippen LogP contribution in [-0.4, -0.2) is 77.4 Å². The van der Waals surface area contributed by atoms with Gasteiger partial charge >= 0.3 is 6.09 Å². The predicted octanol–water partition coefficient (Wildman–Crippen LogP) is 4.04. The Balaban J connectivity index is 1.70. The lowest BCUT2D eigenvalue weighted by Crippen LogP contribution is -2.58. The molecular formula is C27H39N3O4. The highest BCUT2D eigenvalue weighted by Gasteiger charge is 2.32. The van der Waals surface area contributed by atoms with Crippen molar-refractivity contribution >= 4 is 22.8 Å². The molecule has 2 atom stereocenters. The zero-order chi connectivity index (χ0) is 24.7. The van der Waals surface area contributed by atoms with E-state index in [-0.39, 0.29) is 18.6 Å². The number of carbonyl (C=O) groups is 2. The average molecular weight is 470 g/mol. The molecule has 2 amide bonds. The fourth-order valence-electron chi connectivity index (χ4n) is 4.52. The van der Waals surface area contributed by atoms with E-state index in [0.717, 1.165) is 35.6 Å². The van der Waals surface area contributed by atoms with Crippen LogP contribution < -0.4 is 5.32 Å². The summed E-state index contributed by atoms with van der Waals surface area (Å²) >= 11 is 0. The maximum absolute atomic E-state index is 13.5. The number of nitrogens with one attached hydrogen (secondary N) is 1. The Hall–Kier alpha value is -2.64. The average Bonchev–Trinajstić information content (AvgIpc) is 2.80. The molecule has 0 spiro atoms. The first kappa shape index (κ1) is 26.0. The largest absolute Gasteiger partial charge is 0.444 e. The van der Waals surface area contributed by atoms with E-state index in [4.69, 9.17) is 4.74 Å². The van der Waals surface area contributed by atoms with E-state index in [2.05, 4.69) is 17.1 Å².